The summed E-state index contributed by atoms with van der Waals surface area (Å²) in [5, 5.41) is 2.38. The number of carbonyl (C=O) groups excluding carboxylic acids is 2. The Bertz CT molecular complexity index is 803. The second kappa shape index (κ2) is 8.57. The average Bonchev–Trinajstić information content (AvgIpc) is 2.60. The van der Waals surface area contributed by atoms with Crippen molar-refractivity contribution in [3.63, 3.8) is 0 Å². The Morgan fingerprint density at radius 1 is 1.07 bits per heavy atom. The van der Waals surface area contributed by atoms with E-state index in [-0.39, 0.29) is 12.3 Å². The van der Waals surface area contributed by atoms with E-state index in [1.807, 2.05) is 19.1 Å². The lowest BCUT2D eigenvalue weighted by Gasteiger charge is -2.15. The van der Waals surface area contributed by atoms with E-state index in [9.17, 15) is 22.8 Å². The molecule has 0 saturated carbocycles. The highest BCUT2D eigenvalue weighted by molar-refractivity contribution is 5.95. The third kappa shape index (κ3) is 6.02. The molecule has 27 heavy (non-hydrogen) atoms. The quantitative estimate of drug-likeness (QED) is 0.770. The van der Waals surface area contributed by atoms with Crippen LogP contribution in [0.25, 0.3) is 0 Å². The molecule has 0 aliphatic carbocycles. The third-order valence-corrected chi connectivity index (χ3v) is 3.60. The number of hydrogen-bond donors (Lipinski definition) is 1. The summed E-state index contributed by atoms with van der Waals surface area (Å²) in [6, 6.07) is 11.0. The van der Waals surface area contributed by atoms with Gasteiger partial charge in [-0.3, -0.25) is 4.79 Å². The Morgan fingerprint density at radius 2 is 1.70 bits per heavy atom. The number of halogens is 3. The molecule has 0 fully saturated rings. The zero-order valence-corrected chi connectivity index (χ0v) is 14.7. The van der Waals surface area contributed by atoms with Crippen LogP contribution < -0.4 is 10.1 Å². The molecule has 2 aromatic rings. The number of carbonyl (C=O) groups is 2. The maximum atomic E-state index is 12.5. The van der Waals surface area contributed by atoms with Crippen LogP contribution in [0.15, 0.2) is 48.5 Å². The molecule has 0 radical (unpaired) electrons. The van der Waals surface area contributed by atoms with Crippen LogP contribution in [0.5, 0.6) is 5.75 Å². The van der Waals surface area contributed by atoms with Gasteiger partial charge in [0.15, 0.2) is 12.7 Å². The van der Waals surface area contributed by atoms with E-state index in [4.69, 9.17) is 9.47 Å². The maximum Gasteiger partial charge on any atom is 0.416 e. The highest BCUT2D eigenvalue weighted by Crippen LogP contribution is 2.29. The van der Waals surface area contributed by atoms with Crippen molar-refractivity contribution in [3.05, 3.63) is 59.7 Å². The van der Waals surface area contributed by atoms with Crippen molar-refractivity contribution in [2.24, 2.45) is 0 Å². The van der Waals surface area contributed by atoms with E-state index in [1.165, 1.54) is 6.92 Å². The van der Waals surface area contributed by atoms with E-state index < -0.39 is 29.7 Å². The number of amides is 1. The number of nitrogens with one attached hydrogen (secondary N) is 1. The fourth-order valence-corrected chi connectivity index (χ4v) is 2.13. The van der Waals surface area contributed by atoms with Gasteiger partial charge in [-0.05, 0) is 49.7 Å². The zero-order chi connectivity index (χ0) is 20.0. The van der Waals surface area contributed by atoms with Crippen LogP contribution in [0, 0.1) is 6.92 Å². The summed E-state index contributed by atoms with van der Waals surface area (Å²) in [7, 11) is 0. The molecule has 1 atom stereocenters. The minimum Gasteiger partial charge on any atom is -0.482 e. The normalized spacial score (nSPS) is 12.2. The molecule has 0 aromatic heterocycles. The molecule has 0 saturated heterocycles. The van der Waals surface area contributed by atoms with E-state index >= 15 is 0 Å². The first kappa shape index (κ1) is 20.3. The highest BCUT2D eigenvalue weighted by Gasteiger charge is 2.30. The van der Waals surface area contributed by atoms with E-state index in [1.54, 1.807) is 12.1 Å². The van der Waals surface area contributed by atoms with Gasteiger partial charge in [-0.1, -0.05) is 18.2 Å². The minimum absolute atomic E-state index is 0.159. The van der Waals surface area contributed by atoms with Gasteiger partial charge in [0.25, 0.3) is 5.91 Å². The molecule has 144 valence electrons. The summed E-state index contributed by atoms with van der Waals surface area (Å²) >= 11 is 0. The minimum atomic E-state index is -4.46. The molecule has 0 spiro atoms. The monoisotopic (exact) mass is 381 g/mol. The predicted octanol–water partition coefficient (Wildman–Crippen LogP) is 3.96. The van der Waals surface area contributed by atoms with Gasteiger partial charge < -0.3 is 14.8 Å². The van der Waals surface area contributed by atoms with Gasteiger partial charge in [0, 0.05) is 5.69 Å². The summed E-state index contributed by atoms with van der Waals surface area (Å²) in [5.74, 6) is -0.886. The largest absolute Gasteiger partial charge is 0.482 e. The molecule has 0 unspecified atom stereocenters. The molecule has 0 bridgehead atoms. The number of rotatable bonds is 6. The van der Waals surface area contributed by atoms with Crippen LogP contribution in [0.4, 0.5) is 18.9 Å². The van der Waals surface area contributed by atoms with Crippen molar-refractivity contribution in [1.29, 1.82) is 0 Å². The zero-order valence-electron chi connectivity index (χ0n) is 14.7. The summed E-state index contributed by atoms with van der Waals surface area (Å²) < 4.78 is 47.8. The molecule has 2 aromatic carbocycles. The van der Waals surface area contributed by atoms with Crippen molar-refractivity contribution in [3.8, 4) is 5.75 Å². The second-order valence-corrected chi connectivity index (χ2v) is 5.75. The van der Waals surface area contributed by atoms with Gasteiger partial charge in [0.1, 0.15) is 5.75 Å². The van der Waals surface area contributed by atoms with Crippen LogP contribution >= 0.6 is 0 Å². The molecule has 5 nitrogen and oxygen atoms in total. The van der Waals surface area contributed by atoms with Crippen LogP contribution in [-0.2, 0) is 20.5 Å². The van der Waals surface area contributed by atoms with Crippen LogP contribution in [0.3, 0.4) is 0 Å². The number of aryl methyl sites for hydroxylation is 1. The number of esters is 1. The molecule has 0 aliphatic heterocycles. The van der Waals surface area contributed by atoms with E-state index in [2.05, 4.69) is 5.32 Å². The van der Waals surface area contributed by atoms with Crippen molar-refractivity contribution in [2.45, 2.75) is 26.1 Å². The predicted molar refractivity (Wildman–Crippen MR) is 92.3 cm³/mol. The van der Waals surface area contributed by atoms with Gasteiger partial charge in [0.05, 0.1) is 5.56 Å². The first-order valence-electron chi connectivity index (χ1n) is 8.03. The topological polar surface area (TPSA) is 64.6 Å². The fraction of sp³-hybridized carbons (Fsp3) is 0.263. The van der Waals surface area contributed by atoms with Gasteiger partial charge in [-0.15, -0.1) is 0 Å². The molecular weight excluding hydrogens is 363 g/mol. The van der Waals surface area contributed by atoms with Gasteiger partial charge >= 0.3 is 12.1 Å². The lowest BCUT2D eigenvalue weighted by atomic mass is 10.2. The number of para-hydroxylation sites is 1. The van der Waals surface area contributed by atoms with Crippen molar-refractivity contribution in [1.82, 2.24) is 0 Å². The van der Waals surface area contributed by atoms with E-state index in [0.717, 1.165) is 29.8 Å². The second-order valence-electron chi connectivity index (χ2n) is 5.75. The molecule has 0 heterocycles. The maximum absolute atomic E-state index is 12.5. The Morgan fingerprint density at radius 3 is 2.30 bits per heavy atom. The first-order chi connectivity index (χ1) is 12.7. The summed E-state index contributed by atoms with van der Waals surface area (Å²) in [6.07, 6.45) is -5.59. The molecule has 1 amide bonds. The number of anilines is 1. The highest BCUT2D eigenvalue weighted by atomic mass is 19.4. The van der Waals surface area contributed by atoms with Crippen molar-refractivity contribution >= 4 is 17.6 Å². The number of ether oxygens (including phenoxy) is 2. The molecule has 1 N–H and O–H groups in total. The standard InChI is InChI=1S/C19H18F3NO4/c1-12-5-3-4-6-16(12)26-11-17(24)27-13(2)18(25)23-15-9-7-14(8-10-15)19(20,21)22/h3-10,13H,11H2,1-2H3,(H,23,25)/t13-/m1/s1. The summed E-state index contributed by atoms with van der Waals surface area (Å²) in [4.78, 5) is 23.8. The molecular formula is C19H18F3NO4. The first-order valence-corrected chi connectivity index (χ1v) is 8.03. The summed E-state index contributed by atoms with van der Waals surface area (Å²) in [6.45, 7) is 2.80. The number of alkyl halides is 3. The lowest BCUT2D eigenvalue weighted by Crippen LogP contribution is -2.31. The van der Waals surface area contributed by atoms with Crippen molar-refractivity contribution < 1.29 is 32.2 Å². The van der Waals surface area contributed by atoms with Crippen LogP contribution in [0.1, 0.15) is 18.1 Å². The van der Waals surface area contributed by atoms with Gasteiger partial charge in [0.2, 0.25) is 0 Å². The Labute approximate surface area is 154 Å². The molecule has 8 heteroatoms. The van der Waals surface area contributed by atoms with Crippen molar-refractivity contribution in [2.75, 3.05) is 11.9 Å². The Kier molecular flexibility index (Phi) is 6.44. The van der Waals surface area contributed by atoms with E-state index in [0.29, 0.717) is 5.75 Å². The van der Waals surface area contributed by atoms with Gasteiger partial charge in [-0.2, -0.15) is 13.2 Å². The third-order valence-electron chi connectivity index (χ3n) is 3.60. The fourth-order valence-electron chi connectivity index (χ4n) is 2.13. The smallest absolute Gasteiger partial charge is 0.416 e. The number of hydrogen-bond acceptors (Lipinski definition) is 4. The van der Waals surface area contributed by atoms with Gasteiger partial charge in [-0.25, -0.2) is 4.79 Å². The van der Waals surface area contributed by atoms with Crippen LogP contribution in [0.2, 0.25) is 0 Å². The SMILES string of the molecule is Cc1ccccc1OCC(=O)O[C@H](C)C(=O)Nc1ccc(C(F)(F)F)cc1. The lowest BCUT2D eigenvalue weighted by molar-refractivity contribution is -0.155. The number of benzene rings is 2. The summed E-state index contributed by atoms with van der Waals surface area (Å²) in [5.41, 5.74) is 0.179. The molecule has 0 aliphatic rings. The average molecular weight is 381 g/mol. The molecule has 2 rings (SSSR count). The Hall–Kier alpha value is -3.03. The Balaban J connectivity index is 1.84. The van der Waals surface area contributed by atoms with Crippen LogP contribution in [-0.4, -0.2) is 24.6 Å².